The van der Waals surface area contributed by atoms with Crippen LogP contribution in [-0.4, -0.2) is 37.3 Å². The van der Waals surface area contributed by atoms with Crippen LogP contribution in [-0.2, 0) is 4.74 Å². The van der Waals surface area contributed by atoms with E-state index in [0.29, 0.717) is 6.10 Å². The van der Waals surface area contributed by atoms with E-state index in [-0.39, 0.29) is 0 Å². The average Bonchev–Trinajstić information content (AvgIpc) is 2.15. The Bertz CT molecular complexity index is 109. The highest BCUT2D eigenvalue weighted by molar-refractivity contribution is 7.99. The summed E-state index contributed by atoms with van der Waals surface area (Å²) in [6.45, 7) is 9.48. The Morgan fingerprint density at radius 1 is 1.21 bits per heavy atom. The van der Waals surface area contributed by atoms with Crippen LogP contribution >= 0.6 is 11.8 Å². The smallest absolute Gasteiger partial charge is 0.0518 e. The van der Waals surface area contributed by atoms with Gasteiger partial charge in [0.25, 0.3) is 0 Å². The third-order valence-corrected chi connectivity index (χ3v) is 2.78. The van der Waals surface area contributed by atoms with Crippen LogP contribution in [0.3, 0.4) is 0 Å². The van der Waals surface area contributed by atoms with Crippen molar-refractivity contribution in [2.75, 3.05) is 31.2 Å². The Labute approximate surface area is 93.2 Å². The molecular weight excluding hydrogens is 194 g/mol. The molecule has 0 amide bonds. The molecule has 86 valence electrons. The van der Waals surface area contributed by atoms with Crippen LogP contribution in [0.2, 0.25) is 0 Å². The van der Waals surface area contributed by atoms with Crippen molar-refractivity contribution in [2.24, 2.45) is 0 Å². The fraction of sp³-hybridized carbons (Fsp3) is 1.00. The van der Waals surface area contributed by atoms with Gasteiger partial charge in [-0.15, -0.1) is 0 Å². The Morgan fingerprint density at radius 2 is 1.93 bits per heavy atom. The van der Waals surface area contributed by atoms with E-state index in [0.717, 1.165) is 26.1 Å². The van der Waals surface area contributed by atoms with Crippen molar-refractivity contribution in [1.82, 2.24) is 5.32 Å². The molecule has 0 fully saturated rings. The van der Waals surface area contributed by atoms with Gasteiger partial charge in [0, 0.05) is 6.61 Å². The number of hydrogen-bond donors (Lipinski definition) is 1. The molecule has 0 rings (SSSR count). The van der Waals surface area contributed by atoms with Crippen LogP contribution in [0.4, 0.5) is 0 Å². The molecule has 0 atom stereocenters. The zero-order valence-corrected chi connectivity index (χ0v) is 10.7. The SMILES string of the molecule is CCSCCCNCCCOC(C)C. The fourth-order valence-electron chi connectivity index (χ4n) is 1.08. The van der Waals surface area contributed by atoms with Crippen molar-refractivity contribution in [2.45, 2.75) is 39.7 Å². The third kappa shape index (κ3) is 12.3. The van der Waals surface area contributed by atoms with Crippen LogP contribution < -0.4 is 5.32 Å². The van der Waals surface area contributed by atoms with Crippen molar-refractivity contribution < 1.29 is 4.74 Å². The number of rotatable bonds is 10. The summed E-state index contributed by atoms with van der Waals surface area (Å²) in [7, 11) is 0. The summed E-state index contributed by atoms with van der Waals surface area (Å²) >= 11 is 2.02. The van der Waals surface area contributed by atoms with Gasteiger partial charge in [0.05, 0.1) is 6.10 Å². The standard InChI is InChI=1S/C11H25NOS/c1-4-14-10-6-8-12-7-5-9-13-11(2)3/h11-12H,4-10H2,1-3H3. The molecule has 0 aliphatic carbocycles. The second kappa shape index (κ2) is 11.3. The molecule has 0 bridgehead atoms. The normalized spacial score (nSPS) is 11.1. The van der Waals surface area contributed by atoms with Gasteiger partial charge >= 0.3 is 0 Å². The fourth-order valence-corrected chi connectivity index (χ4v) is 1.72. The van der Waals surface area contributed by atoms with Gasteiger partial charge in [-0.25, -0.2) is 0 Å². The minimum atomic E-state index is 0.371. The van der Waals surface area contributed by atoms with Crippen molar-refractivity contribution in [1.29, 1.82) is 0 Å². The maximum atomic E-state index is 5.44. The highest BCUT2D eigenvalue weighted by Crippen LogP contribution is 1.99. The Balaban J connectivity index is 2.85. The average molecular weight is 219 g/mol. The third-order valence-electron chi connectivity index (χ3n) is 1.80. The lowest BCUT2D eigenvalue weighted by molar-refractivity contribution is 0.0771. The lowest BCUT2D eigenvalue weighted by Crippen LogP contribution is -2.19. The molecule has 0 aliphatic rings. The van der Waals surface area contributed by atoms with Gasteiger partial charge in [0.1, 0.15) is 0 Å². The zero-order valence-electron chi connectivity index (χ0n) is 9.84. The minimum absolute atomic E-state index is 0.371. The van der Waals surface area contributed by atoms with Gasteiger partial charge in [-0.1, -0.05) is 6.92 Å². The van der Waals surface area contributed by atoms with Crippen LogP contribution in [0.15, 0.2) is 0 Å². The maximum Gasteiger partial charge on any atom is 0.0518 e. The van der Waals surface area contributed by atoms with E-state index in [1.54, 1.807) is 0 Å². The van der Waals surface area contributed by atoms with Crippen LogP contribution in [0.5, 0.6) is 0 Å². The Hall–Kier alpha value is 0.270. The Kier molecular flexibility index (Phi) is 11.6. The molecule has 0 radical (unpaired) electrons. The molecule has 0 unspecified atom stereocenters. The first-order chi connectivity index (χ1) is 6.77. The number of thioether (sulfide) groups is 1. The Morgan fingerprint density at radius 3 is 2.57 bits per heavy atom. The number of hydrogen-bond acceptors (Lipinski definition) is 3. The largest absolute Gasteiger partial charge is 0.379 e. The molecule has 0 aromatic rings. The van der Waals surface area contributed by atoms with E-state index in [4.69, 9.17) is 4.74 Å². The number of nitrogens with one attached hydrogen (secondary N) is 1. The molecule has 0 aromatic carbocycles. The van der Waals surface area contributed by atoms with Gasteiger partial charge in [0.15, 0.2) is 0 Å². The molecule has 14 heavy (non-hydrogen) atoms. The van der Waals surface area contributed by atoms with Crippen molar-refractivity contribution in [3.8, 4) is 0 Å². The molecule has 1 N–H and O–H groups in total. The quantitative estimate of drug-likeness (QED) is 0.571. The summed E-state index contributed by atoms with van der Waals surface area (Å²) in [5, 5.41) is 3.42. The van der Waals surface area contributed by atoms with E-state index in [1.165, 1.54) is 17.9 Å². The molecule has 0 aromatic heterocycles. The summed E-state index contributed by atoms with van der Waals surface area (Å²) in [6.07, 6.45) is 2.78. The lowest BCUT2D eigenvalue weighted by Gasteiger charge is -2.07. The van der Waals surface area contributed by atoms with E-state index < -0.39 is 0 Å². The van der Waals surface area contributed by atoms with Gasteiger partial charge in [-0.05, 0) is 51.3 Å². The summed E-state index contributed by atoms with van der Waals surface area (Å²) in [5.74, 6) is 2.52. The molecule has 0 heterocycles. The molecule has 0 saturated carbocycles. The number of ether oxygens (including phenoxy) is 1. The van der Waals surface area contributed by atoms with Crippen LogP contribution in [0, 0.1) is 0 Å². The molecule has 2 nitrogen and oxygen atoms in total. The molecule has 0 aliphatic heterocycles. The first-order valence-corrected chi connectivity index (χ1v) is 6.83. The summed E-state index contributed by atoms with van der Waals surface area (Å²) < 4.78 is 5.44. The predicted molar refractivity (Wildman–Crippen MR) is 66.2 cm³/mol. The van der Waals surface area contributed by atoms with E-state index in [1.807, 2.05) is 11.8 Å². The topological polar surface area (TPSA) is 21.3 Å². The first-order valence-electron chi connectivity index (χ1n) is 5.67. The van der Waals surface area contributed by atoms with Gasteiger partial charge in [0.2, 0.25) is 0 Å². The molecular formula is C11H25NOS. The van der Waals surface area contributed by atoms with Crippen molar-refractivity contribution >= 4 is 11.8 Å². The van der Waals surface area contributed by atoms with Gasteiger partial charge < -0.3 is 10.1 Å². The monoisotopic (exact) mass is 219 g/mol. The molecule has 3 heteroatoms. The summed E-state index contributed by atoms with van der Waals surface area (Å²) in [5.41, 5.74) is 0. The second-order valence-corrected chi connectivity index (χ2v) is 4.97. The molecule has 0 spiro atoms. The highest BCUT2D eigenvalue weighted by atomic mass is 32.2. The zero-order chi connectivity index (χ0) is 10.6. The van der Waals surface area contributed by atoms with Crippen molar-refractivity contribution in [3.63, 3.8) is 0 Å². The highest BCUT2D eigenvalue weighted by Gasteiger charge is 1.92. The van der Waals surface area contributed by atoms with Crippen LogP contribution in [0.25, 0.3) is 0 Å². The summed E-state index contributed by atoms with van der Waals surface area (Å²) in [4.78, 5) is 0. The minimum Gasteiger partial charge on any atom is -0.379 e. The first kappa shape index (κ1) is 14.3. The van der Waals surface area contributed by atoms with Crippen molar-refractivity contribution in [3.05, 3.63) is 0 Å². The van der Waals surface area contributed by atoms with Gasteiger partial charge in [-0.2, -0.15) is 11.8 Å². The molecule has 0 saturated heterocycles. The predicted octanol–water partition coefficient (Wildman–Crippen LogP) is 2.53. The summed E-state index contributed by atoms with van der Waals surface area (Å²) in [6, 6.07) is 0. The maximum absolute atomic E-state index is 5.44. The lowest BCUT2D eigenvalue weighted by atomic mass is 10.4. The van der Waals surface area contributed by atoms with E-state index in [9.17, 15) is 0 Å². The van der Waals surface area contributed by atoms with E-state index >= 15 is 0 Å². The second-order valence-electron chi connectivity index (χ2n) is 3.57. The van der Waals surface area contributed by atoms with Gasteiger partial charge in [-0.3, -0.25) is 0 Å². The van der Waals surface area contributed by atoms with Crippen LogP contribution in [0.1, 0.15) is 33.6 Å². The van der Waals surface area contributed by atoms with E-state index in [2.05, 4.69) is 26.1 Å².